The summed E-state index contributed by atoms with van der Waals surface area (Å²) < 4.78 is 44.5. The topological polar surface area (TPSA) is 124 Å². The van der Waals surface area contributed by atoms with Crippen molar-refractivity contribution in [2.24, 2.45) is 5.16 Å². The molecular weight excluding hydrogens is 560 g/mol. The molecule has 13 heteroatoms. The number of amides is 1. The predicted molar refractivity (Wildman–Crippen MR) is 122 cm³/mol. The molecule has 180 valence electrons. The second-order valence-corrected chi connectivity index (χ2v) is 7.67. The monoisotopic (exact) mass is 582 g/mol. The van der Waals surface area contributed by atoms with E-state index in [1.807, 2.05) is 28.1 Å². The van der Waals surface area contributed by atoms with Crippen LogP contribution in [0.15, 0.2) is 29.4 Å². The van der Waals surface area contributed by atoms with Crippen molar-refractivity contribution >= 4 is 46.1 Å². The van der Waals surface area contributed by atoms with E-state index in [4.69, 9.17) is 19.9 Å². The van der Waals surface area contributed by atoms with Crippen LogP contribution < -0.4 is 16.1 Å². The van der Waals surface area contributed by atoms with Gasteiger partial charge in [0.25, 0.3) is 5.91 Å². The molecule has 9 nitrogen and oxygen atoms in total. The smallest absolute Gasteiger partial charge is 0.277 e. The van der Waals surface area contributed by atoms with Crippen molar-refractivity contribution < 1.29 is 37.9 Å². The van der Waals surface area contributed by atoms with E-state index in [0.717, 1.165) is 12.3 Å². The summed E-state index contributed by atoms with van der Waals surface area (Å²) in [5, 5.41) is 26.3. The van der Waals surface area contributed by atoms with Gasteiger partial charge in [-0.15, -0.1) is 0 Å². The summed E-state index contributed by atoms with van der Waals surface area (Å²) in [6.07, 6.45) is 0.219. The maximum atomic E-state index is 15.0. The average Bonchev–Trinajstić information content (AvgIpc) is 2.78. The van der Waals surface area contributed by atoms with Crippen LogP contribution in [0.2, 0.25) is 0 Å². The molecule has 33 heavy (non-hydrogen) atoms. The molecule has 0 saturated carbocycles. The molecule has 0 saturated heterocycles. The highest BCUT2D eigenvalue weighted by atomic mass is 127. The molecule has 1 atom stereocenters. The number of hydrogen-bond donors (Lipinski definition) is 5. The molecule has 0 radical (unpaired) electrons. The third kappa shape index (κ3) is 7.82. The van der Waals surface area contributed by atoms with Crippen molar-refractivity contribution in [3.05, 3.63) is 56.4 Å². The summed E-state index contributed by atoms with van der Waals surface area (Å²) in [6, 6.07) is 4.99. The fourth-order valence-corrected chi connectivity index (χ4v) is 2.92. The highest BCUT2D eigenvalue weighted by Crippen LogP contribution is 2.30. The van der Waals surface area contributed by atoms with Crippen molar-refractivity contribution in [3.8, 4) is 0 Å². The number of oxime groups is 1. The maximum absolute atomic E-state index is 15.0. The van der Waals surface area contributed by atoms with Crippen LogP contribution in [0.4, 0.5) is 24.5 Å². The van der Waals surface area contributed by atoms with Crippen LogP contribution in [0.5, 0.6) is 0 Å². The number of carbonyl (C=O) groups is 1. The lowest BCUT2D eigenvalue weighted by molar-refractivity contribution is 0.0168. The highest BCUT2D eigenvalue weighted by molar-refractivity contribution is 14.1. The number of halogens is 4. The molecule has 2 aromatic rings. The molecular formula is C20H22F3IN4O5. The Morgan fingerprint density at radius 1 is 1.21 bits per heavy atom. The standard InChI is InChI=1S/C20H22F3IN4O5/c1-11(25-4-5-29)33-26-10-12-8-14(20(31)28-32-7-6-30)19(18(23)17(12)22)27-16-3-2-13(24)9-15(16)21/h2-3,8-11,25,27,29-30H,4-7H2,1H3,(H,28,31). The van der Waals surface area contributed by atoms with Gasteiger partial charge >= 0.3 is 0 Å². The van der Waals surface area contributed by atoms with Gasteiger partial charge in [0.05, 0.1) is 43.0 Å². The minimum Gasteiger partial charge on any atom is -0.395 e. The molecule has 2 aromatic carbocycles. The highest BCUT2D eigenvalue weighted by Gasteiger charge is 2.23. The molecule has 0 aromatic heterocycles. The van der Waals surface area contributed by atoms with Crippen LogP contribution in [-0.2, 0) is 9.68 Å². The van der Waals surface area contributed by atoms with E-state index >= 15 is 0 Å². The summed E-state index contributed by atoms with van der Waals surface area (Å²) in [4.78, 5) is 22.3. The fourth-order valence-electron chi connectivity index (χ4n) is 2.47. The van der Waals surface area contributed by atoms with Crippen LogP contribution in [0, 0.1) is 21.0 Å². The third-order valence-electron chi connectivity index (χ3n) is 3.98. The number of hydroxylamine groups is 1. The van der Waals surface area contributed by atoms with Gasteiger partial charge < -0.3 is 20.4 Å². The zero-order valence-corrected chi connectivity index (χ0v) is 19.5. The van der Waals surface area contributed by atoms with Crippen LogP contribution >= 0.6 is 22.6 Å². The van der Waals surface area contributed by atoms with Crippen LogP contribution in [-0.4, -0.2) is 54.9 Å². The van der Waals surface area contributed by atoms with Crippen LogP contribution in [0.3, 0.4) is 0 Å². The maximum Gasteiger partial charge on any atom is 0.277 e. The molecule has 5 N–H and O–H groups in total. The summed E-state index contributed by atoms with van der Waals surface area (Å²) >= 11 is 1.88. The molecule has 0 aliphatic carbocycles. The Balaban J connectivity index is 2.40. The average molecular weight is 582 g/mol. The Hall–Kier alpha value is -2.46. The number of carbonyl (C=O) groups excluding carboxylic acids is 1. The van der Waals surface area contributed by atoms with Gasteiger partial charge in [0.15, 0.2) is 17.9 Å². The van der Waals surface area contributed by atoms with Gasteiger partial charge in [-0.2, -0.15) is 0 Å². The van der Waals surface area contributed by atoms with Gasteiger partial charge in [0, 0.05) is 15.7 Å². The second-order valence-electron chi connectivity index (χ2n) is 6.43. The first kappa shape index (κ1) is 26.8. The van der Waals surface area contributed by atoms with Crippen molar-refractivity contribution in [1.82, 2.24) is 10.8 Å². The largest absolute Gasteiger partial charge is 0.395 e. The first-order valence-electron chi connectivity index (χ1n) is 9.59. The summed E-state index contributed by atoms with van der Waals surface area (Å²) in [6.45, 7) is 1.03. The van der Waals surface area contributed by atoms with E-state index in [1.54, 1.807) is 6.92 Å². The lowest BCUT2D eigenvalue weighted by Gasteiger charge is -2.16. The number of nitrogens with zero attached hydrogens (tertiary/aromatic N) is 1. The van der Waals surface area contributed by atoms with Gasteiger partial charge in [0.1, 0.15) is 5.82 Å². The Morgan fingerprint density at radius 2 is 1.97 bits per heavy atom. The van der Waals surface area contributed by atoms with E-state index in [-0.39, 0.29) is 25.4 Å². The molecule has 1 amide bonds. The predicted octanol–water partition coefficient (Wildman–Crippen LogP) is 2.38. The summed E-state index contributed by atoms with van der Waals surface area (Å²) in [5.74, 6) is -4.55. The zero-order valence-electron chi connectivity index (χ0n) is 17.4. The molecule has 0 fully saturated rings. The van der Waals surface area contributed by atoms with Crippen molar-refractivity contribution in [3.63, 3.8) is 0 Å². The first-order chi connectivity index (χ1) is 15.8. The number of aliphatic hydroxyl groups is 2. The van der Waals surface area contributed by atoms with Gasteiger partial charge in [-0.05, 0) is 53.8 Å². The summed E-state index contributed by atoms with van der Waals surface area (Å²) in [7, 11) is 0. The minimum atomic E-state index is -1.46. The normalized spacial score (nSPS) is 12.1. The number of anilines is 2. The molecule has 1 unspecified atom stereocenters. The number of benzene rings is 2. The molecule has 0 aliphatic rings. The van der Waals surface area contributed by atoms with Gasteiger partial charge in [-0.1, -0.05) is 5.16 Å². The second kappa shape index (κ2) is 13.3. The number of hydrogen-bond acceptors (Lipinski definition) is 8. The van der Waals surface area contributed by atoms with Crippen molar-refractivity contribution in [2.75, 3.05) is 31.7 Å². The number of aliphatic hydroxyl groups excluding tert-OH is 2. The Bertz CT molecular complexity index is 997. The van der Waals surface area contributed by atoms with Crippen molar-refractivity contribution in [2.45, 2.75) is 13.2 Å². The van der Waals surface area contributed by atoms with Crippen molar-refractivity contribution in [1.29, 1.82) is 0 Å². The molecule has 0 bridgehead atoms. The summed E-state index contributed by atoms with van der Waals surface area (Å²) in [5.41, 5.74) is 0.324. The van der Waals surface area contributed by atoms with E-state index in [1.165, 1.54) is 18.2 Å². The van der Waals surface area contributed by atoms with Crippen LogP contribution in [0.25, 0.3) is 0 Å². The van der Waals surface area contributed by atoms with E-state index < -0.39 is 53.0 Å². The number of nitrogens with one attached hydrogen (secondary N) is 3. The molecule has 0 aliphatic heterocycles. The fraction of sp³-hybridized carbons (Fsp3) is 0.300. The van der Waals surface area contributed by atoms with E-state index in [0.29, 0.717) is 3.57 Å². The van der Waals surface area contributed by atoms with E-state index in [2.05, 4.69) is 15.8 Å². The van der Waals surface area contributed by atoms with Gasteiger partial charge in [-0.3, -0.25) is 14.9 Å². The minimum absolute atomic E-state index is 0.135. The lowest BCUT2D eigenvalue weighted by Crippen LogP contribution is -2.29. The SMILES string of the molecule is CC(NCCO)ON=Cc1cc(C(=O)NOCCO)c(Nc2ccc(I)cc2F)c(F)c1F. The van der Waals surface area contributed by atoms with E-state index in [9.17, 15) is 18.0 Å². The Labute approximate surface area is 201 Å². The third-order valence-corrected chi connectivity index (χ3v) is 4.65. The molecule has 0 heterocycles. The number of rotatable bonds is 12. The zero-order chi connectivity index (χ0) is 24.4. The lowest BCUT2D eigenvalue weighted by atomic mass is 10.1. The molecule has 0 spiro atoms. The Kier molecular flexibility index (Phi) is 10.8. The molecule has 2 rings (SSSR count). The van der Waals surface area contributed by atoms with Crippen LogP contribution in [0.1, 0.15) is 22.8 Å². The Morgan fingerprint density at radius 3 is 2.64 bits per heavy atom. The van der Waals surface area contributed by atoms with Gasteiger partial charge in [0.2, 0.25) is 0 Å². The first-order valence-corrected chi connectivity index (χ1v) is 10.7. The quantitative estimate of drug-likeness (QED) is 0.0857. The van der Waals surface area contributed by atoms with Gasteiger partial charge in [-0.25, -0.2) is 18.7 Å².